The van der Waals surface area contributed by atoms with E-state index in [9.17, 15) is 4.79 Å². The predicted molar refractivity (Wildman–Crippen MR) is 64.2 cm³/mol. The summed E-state index contributed by atoms with van der Waals surface area (Å²) in [4.78, 5) is 19.7. The lowest BCUT2D eigenvalue weighted by molar-refractivity contribution is 0.660. The van der Waals surface area contributed by atoms with Gasteiger partial charge in [-0.25, -0.2) is 14.9 Å². The SMILES string of the molecule is CCn1c(Sc2cncc(NC)n2)n[nH]c1=O. The second kappa shape index (κ2) is 5.00. The molecule has 0 aliphatic rings. The molecule has 0 spiro atoms. The van der Waals surface area contributed by atoms with Crippen molar-refractivity contribution in [1.82, 2.24) is 24.7 Å². The van der Waals surface area contributed by atoms with Gasteiger partial charge in [-0.05, 0) is 18.7 Å². The van der Waals surface area contributed by atoms with E-state index in [1.165, 1.54) is 11.8 Å². The first-order valence-electron chi connectivity index (χ1n) is 5.07. The van der Waals surface area contributed by atoms with E-state index in [1.807, 2.05) is 6.92 Å². The average molecular weight is 252 g/mol. The van der Waals surface area contributed by atoms with Gasteiger partial charge in [-0.15, -0.1) is 5.10 Å². The Morgan fingerprint density at radius 1 is 1.53 bits per heavy atom. The maximum Gasteiger partial charge on any atom is 0.343 e. The smallest absolute Gasteiger partial charge is 0.343 e. The molecule has 8 heteroatoms. The topological polar surface area (TPSA) is 88.5 Å². The zero-order chi connectivity index (χ0) is 12.3. The van der Waals surface area contributed by atoms with Crippen molar-refractivity contribution in [1.29, 1.82) is 0 Å². The molecule has 0 aliphatic carbocycles. The highest BCUT2D eigenvalue weighted by Gasteiger charge is 2.09. The first-order chi connectivity index (χ1) is 8.24. The third kappa shape index (κ3) is 2.47. The Morgan fingerprint density at radius 3 is 3.06 bits per heavy atom. The third-order valence-electron chi connectivity index (χ3n) is 2.10. The third-order valence-corrected chi connectivity index (χ3v) is 3.00. The molecule has 17 heavy (non-hydrogen) atoms. The molecule has 2 aromatic heterocycles. The summed E-state index contributed by atoms with van der Waals surface area (Å²) < 4.78 is 1.54. The number of nitrogens with zero attached hydrogens (tertiary/aromatic N) is 4. The van der Waals surface area contributed by atoms with Gasteiger partial charge >= 0.3 is 5.69 Å². The predicted octanol–water partition coefficient (Wildman–Crippen LogP) is 0.574. The van der Waals surface area contributed by atoms with Gasteiger partial charge in [0.25, 0.3) is 0 Å². The Morgan fingerprint density at radius 2 is 2.35 bits per heavy atom. The maximum atomic E-state index is 11.4. The second-order valence-corrected chi connectivity index (χ2v) is 4.14. The van der Waals surface area contributed by atoms with E-state index in [-0.39, 0.29) is 5.69 Å². The molecule has 0 unspecified atom stereocenters. The molecule has 7 nitrogen and oxygen atoms in total. The normalized spacial score (nSPS) is 10.5. The molecule has 2 heterocycles. The van der Waals surface area contributed by atoms with Crippen molar-refractivity contribution in [3.05, 3.63) is 22.9 Å². The van der Waals surface area contributed by atoms with Crippen LogP contribution < -0.4 is 11.0 Å². The van der Waals surface area contributed by atoms with Crippen LogP contribution in [-0.4, -0.2) is 31.8 Å². The number of aromatic nitrogens is 5. The molecule has 0 fully saturated rings. The van der Waals surface area contributed by atoms with Crippen molar-refractivity contribution >= 4 is 17.6 Å². The molecule has 0 aromatic carbocycles. The van der Waals surface area contributed by atoms with E-state index in [0.29, 0.717) is 22.5 Å². The summed E-state index contributed by atoms with van der Waals surface area (Å²) in [6, 6.07) is 0. The van der Waals surface area contributed by atoms with Gasteiger partial charge in [0.1, 0.15) is 10.8 Å². The lowest BCUT2D eigenvalue weighted by Crippen LogP contribution is -2.16. The molecule has 0 radical (unpaired) electrons. The van der Waals surface area contributed by atoms with Gasteiger partial charge in [0.15, 0.2) is 5.16 Å². The van der Waals surface area contributed by atoms with Crippen LogP contribution in [0.3, 0.4) is 0 Å². The van der Waals surface area contributed by atoms with Crippen LogP contribution >= 0.6 is 11.8 Å². The summed E-state index contributed by atoms with van der Waals surface area (Å²) in [5.41, 5.74) is -0.215. The molecule has 2 N–H and O–H groups in total. The quantitative estimate of drug-likeness (QED) is 0.827. The zero-order valence-electron chi connectivity index (χ0n) is 9.47. The van der Waals surface area contributed by atoms with Gasteiger partial charge in [-0.2, -0.15) is 0 Å². The van der Waals surface area contributed by atoms with E-state index < -0.39 is 0 Å². The van der Waals surface area contributed by atoms with Gasteiger partial charge in [-0.3, -0.25) is 9.55 Å². The van der Waals surface area contributed by atoms with Gasteiger partial charge < -0.3 is 5.32 Å². The van der Waals surface area contributed by atoms with Crippen LogP contribution in [0, 0.1) is 0 Å². The Balaban J connectivity index is 2.28. The Hall–Kier alpha value is -1.83. The minimum Gasteiger partial charge on any atom is -0.372 e. The van der Waals surface area contributed by atoms with E-state index in [4.69, 9.17) is 0 Å². The Kier molecular flexibility index (Phi) is 3.43. The van der Waals surface area contributed by atoms with Gasteiger partial charge in [0.05, 0.1) is 12.4 Å². The number of anilines is 1. The molecule has 0 bridgehead atoms. The van der Waals surface area contributed by atoms with Crippen molar-refractivity contribution in [2.24, 2.45) is 0 Å². The van der Waals surface area contributed by atoms with Crippen LogP contribution in [0.2, 0.25) is 0 Å². The largest absolute Gasteiger partial charge is 0.372 e. The summed E-state index contributed by atoms with van der Waals surface area (Å²) in [6.45, 7) is 2.45. The molecule has 0 saturated carbocycles. The lowest BCUT2D eigenvalue weighted by Gasteiger charge is -2.03. The van der Waals surface area contributed by atoms with Gasteiger partial charge in [-0.1, -0.05) is 0 Å². The van der Waals surface area contributed by atoms with E-state index >= 15 is 0 Å². The first kappa shape index (κ1) is 11.6. The Labute approximate surface area is 102 Å². The molecule has 90 valence electrons. The van der Waals surface area contributed by atoms with E-state index in [2.05, 4.69) is 25.5 Å². The van der Waals surface area contributed by atoms with Gasteiger partial charge in [0, 0.05) is 13.6 Å². The standard InChI is InChI=1S/C9H12N6OS/c1-3-15-8(16)13-14-9(15)17-7-5-11-4-6(10-2)12-7/h4-5H,3H2,1-2H3,(H,10,12)(H,13,16). The van der Waals surface area contributed by atoms with Crippen LogP contribution in [0.5, 0.6) is 0 Å². The number of rotatable bonds is 4. The fraction of sp³-hybridized carbons (Fsp3) is 0.333. The van der Waals surface area contributed by atoms with Crippen molar-refractivity contribution in [2.45, 2.75) is 23.7 Å². The number of hydrogen-bond donors (Lipinski definition) is 2. The lowest BCUT2D eigenvalue weighted by atomic mass is 10.7. The van der Waals surface area contributed by atoms with Crippen LogP contribution in [0.15, 0.2) is 27.4 Å². The number of nitrogens with one attached hydrogen (secondary N) is 2. The molecule has 0 saturated heterocycles. The van der Waals surface area contributed by atoms with Crippen molar-refractivity contribution in [3.63, 3.8) is 0 Å². The van der Waals surface area contributed by atoms with Crippen LogP contribution in [-0.2, 0) is 6.54 Å². The number of H-pyrrole nitrogens is 1. The minimum atomic E-state index is -0.215. The molecular weight excluding hydrogens is 240 g/mol. The minimum absolute atomic E-state index is 0.215. The molecular formula is C9H12N6OS. The summed E-state index contributed by atoms with van der Waals surface area (Å²) in [6.07, 6.45) is 3.26. The highest BCUT2D eigenvalue weighted by Crippen LogP contribution is 2.22. The maximum absolute atomic E-state index is 11.4. The fourth-order valence-electron chi connectivity index (χ4n) is 1.27. The molecule has 2 aromatic rings. The average Bonchev–Trinajstić information content (AvgIpc) is 2.70. The summed E-state index contributed by atoms with van der Waals surface area (Å²) >= 11 is 1.30. The molecule has 0 amide bonds. The van der Waals surface area contributed by atoms with Crippen molar-refractivity contribution in [2.75, 3.05) is 12.4 Å². The van der Waals surface area contributed by atoms with Gasteiger partial charge in [0.2, 0.25) is 0 Å². The highest BCUT2D eigenvalue weighted by atomic mass is 32.2. The monoisotopic (exact) mass is 252 g/mol. The van der Waals surface area contributed by atoms with Crippen molar-refractivity contribution in [3.8, 4) is 0 Å². The van der Waals surface area contributed by atoms with Crippen LogP contribution in [0.4, 0.5) is 5.82 Å². The Bertz CT molecular complexity index is 563. The molecule has 2 rings (SSSR count). The summed E-state index contributed by atoms with van der Waals surface area (Å²) in [5, 5.41) is 10.5. The number of hydrogen-bond acceptors (Lipinski definition) is 6. The molecule has 0 aliphatic heterocycles. The van der Waals surface area contributed by atoms with Crippen LogP contribution in [0.25, 0.3) is 0 Å². The van der Waals surface area contributed by atoms with E-state index in [0.717, 1.165) is 0 Å². The zero-order valence-corrected chi connectivity index (χ0v) is 10.3. The van der Waals surface area contributed by atoms with E-state index in [1.54, 1.807) is 24.0 Å². The first-order valence-corrected chi connectivity index (χ1v) is 5.89. The summed E-state index contributed by atoms with van der Waals surface area (Å²) in [7, 11) is 1.77. The molecule has 0 atom stereocenters. The van der Waals surface area contributed by atoms with Crippen LogP contribution in [0.1, 0.15) is 6.92 Å². The number of aromatic amines is 1. The fourth-order valence-corrected chi connectivity index (χ4v) is 2.13. The van der Waals surface area contributed by atoms with Crippen molar-refractivity contribution < 1.29 is 0 Å². The second-order valence-electron chi connectivity index (χ2n) is 3.15. The highest BCUT2D eigenvalue weighted by molar-refractivity contribution is 7.99. The summed E-state index contributed by atoms with van der Waals surface area (Å²) in [5.74, 6) is 0.677.